The average Bonchev–Trinajstić information content (AvgIpc) is 2.60. The minimum absolute atomic E-state index is 0.0758. The molecule has 2 rings (SSSR count). The molecule has 0 saturated heterocycles. The molecule has 2 unspecified atom stereocenters. The van der Waals surface area contributed by atoms with E-state index >= 15 is 0 Å². The molecule has 0 aliphatic carbocycles. The Labute approximate surface area is 142 Å². The maximum absolute atomic E-state index is 12.7. The summed E-state index contributed by atoms with van der Waals surface area (Å²) in [6.45, 7) is 1.78. The Balaban J connectivity index is 2.08. The van der Waals surface area contributed by atoms with Gasteiger partial charge in [0.2, 0.25) is 5.91 Å². The smallest absolute Gasteiger partial charge is 0.241 e. The van der Waals surface area contributed by atoms with Gasteiger partial charge in [-0.3, -0.25) is 4.79 Å². The van der Waals surface area contributed by atoms with Gasteiger partial charge in [-0.15, -0.1) is 0 Å². The van der Waals surface area contributed by atoms with Crippen LogP contribution in [0.2, 0.25) is 0 Å². The third-order valence-electron chi connectivity index (χ3n) is 3.86. The Morgan fingerprint density at radius 3 is 2.12 bits per heavy atom. The summed E-state index contributed by atoms with van der Waals surface area (Å²) >= 11 is 0. The van der Waals surface area contributed by atoms with Crippen molar-refractivity contribution in [3.63, 3.8) is 0 Å². The normalized spacial score (nSPS) is 13.9. The molecule has 0 aliphatic heterocycles. The van der Waals surface area contributed by atoms with Crippen molar-refractivity contribution in [2.75, 3.05) is 5.32 Å². The lowest BCUT2D eigenvalue weighted by atomic mass is 10.1. The third-order valence-corrected chi connectivity index (χ3v) is 6.19. The molecule has 2 atom stereocenters. The molecule has 5 nitrogen and oxygen atoms in total. The molecular weight excluding hydrogens is 324 g/mol. The molecular formula is C18H22N2O3S. The van der Waals surface area contributed by atoms with Gasteiger partial charge in [0.25, 0.3) is 0 Å². The first kappa shape index (κ1) is 18.2. The summed E-state index contributed by atoms with van der Waals surface area (Å²) < 4.78 is 25.4. The molecule has 3 N–H and O–H groups in total. The third kappa shape index (κ3) is 4.43. The zero-order chi connectivity index (χ0) is 17.6. The Morgan fingerprint density at radius 2 is 1.58 bits per heavy atom. The second-order valence-electron chi connectivity index (χ2n) is 5.59. The van der Waals surface area contributed by atoms with Crippen molar-refractivity contribution >= 4 is 21.4 Å². The van der Waals surface area contributed by atoms with Crippen LogP contribution < -0.4 is 11.1 Å². The number of sulfone groups is 1. The van der Waals surface area contributed by atoms with Crippen LogP contribution in [0.25, 0.3) is 0 Å². The Bertz CT molecular complexity index is 761. The molecule has 0 radical (unpaired) electrons. The lowest BCUT2D eigenvalue weighted by Crippen LogP contribution is -2.40. The van der Waals surface area contributed by atoms with E-state index in [2.05, 4.69) is 5.32 Å². The fraction of sp³-hybridized carbons (Fsp3) is 0.278. The van der Waals surface area contributed by atoms with Gasteiger partial charge < -0.3 is 11.1 Å². The number of rotatable bonds is 7. The summed E-state index contributed by atoms with van der Waals surface area (Å²) in [7, 11) is -3.51. The van der Waals surface area contributed by atoms with Crippen LogP contribution in [0.1, 0.15) is 19.8 Å². The number of anilines is 1. The minimum atomic E-state index is -3.51. The number of benzene rings is 2. The average molecular weight is 346 g/mol. The largest absolute Gasteiger partial charge is 0.325 e. The van der Waals surface area contributed by atoms with Gasteiger partial charge >= 0.3 is 0 Å². The van der Waals surface area contributed by atoms with Crippen LogP contribution in [0, 0.1) is 0 Å². The topological polar surface area (TPSA) is 89.3 Å². The molecule has 0 aliphatic rings. The number of hydrogen-bond donors (Lipinski definition) is 2. The van der Waals surface area contributed by atoms with E-state index in [9.17, 15) is 13.2 Å². The number of hydrogen-bond acceptors (Lipinski definition) is 4. The fourth-order valence-corrected chi connectivity index (χ4v) is 4.28. The van der Waals surface area contributed by atoms with E-state index in [0.717, 1.165) is 0 Å². The van der Waals surface area contributed by atoms with Gasteiger partial charge in [0.15, 0.2) is 9.84 Å². The molecule has 0 bridgehead atoms. The van der Waals surface area contributed by atoms with Crippen molar-refractivity contribution in [1.82, 2.24) is 0 Å². The second kappa shape index (κ2) is 8.08. The number of nitrogens with two attached hydrogens (primary N) is 1. The van der Waals surface area contributed by atoms with Crippen LogP contribution >= 0.6 is 0 Å². The van der Waals surface area contributed by atoms with E-state index in [1.54, 1.807) is 61.5 Å². The maximum Gasteiger partial charge on any atom is 0.241 e. The molecule has 0 aromatic heterocycles. The predicted molar refractivity (Wildman–Crippen MR) is 95.4 cm³/mol. The predicted octanol–water partition coefficient (Wildman–Crippen LogP) is 2.60. The van der Waals surface area contributed by atoms with Crippen molar-refractivity contribution in [2.45, 2.75) is 36.0 Å². The van der Waals surface area contributed by atoms with Crippen molar-refractivity contribution in [1.29, 1.82) is 0 Å². The van der Waals surface area contributed by atoms with Crippen LogP contribution in [0.3, 0.4) is 0 Å². The van der Waals surface area contributed by atoms with Crippen molar-refractivity contribution in [3.05, 3.63) is 60.7 Å². The van der Waals surface area contributed by atoms with Gasteiger partial charge in [0, 0.05) is 5.69 Å². The van der Waals surface area contributed by atoms with Crippen molar-refractivity contribution in [3.8, 4) is 0 Å². The van der Waals surface area contributed by atoms with E-state index in [1.807, 2.05) is 6.07 Å². The summed E-state index contributed by atoms with van der Waals surface area (Å²) in [6.07, 6.45) is 0.468. The van der Waals surface area contributed by atoms with Crippen LogP contribution in [0.15, 0.2) is 65.6 Å². The Kier molecular flexibility index (Phi) is 6.11. The lowest BCUT2D eigenvalue weighted by Gasteiger charge is -2.20. The molecule has 2 aromatic carbocycles. The monoisotopic (exact) mass is 346 g/mol. The van der Waals surface area contributed by atoms with Gasteiger partial charge in [-0.05, 0) is 37.1 Å². The van der Waals surface area contributed by atoms with E-state index in [0.29, 0.717) is 12.1 Å². The molecule has 0 fully saturated rings. The number of nitrogens with one attached hydrogen (secondary N) is 1. The molecule has 0 heterocycles. The molecule has 128 valence electrons. The lowest BCUT2D eigenvalue weighted by molar-refractivity contribution is -0.117. The van der Waals surface area contributed by atoms with Crippen LogP contribution in [0.5, 0.6) is 0 Å². The van der Waals surface area contributed by atoms with Crippen molar-refractivity contribution < 1.29 is 13.2 Å². The maximum atomic E-state index is 12.7. The quantitative estimate of drug-likeness (QED) is 0.806. The molecule has 6 heteroatoms. The zero-order valence-electron chi connectivity index (χ0n) is 13.6. The van der Waals surface area contributed by atoms with E-state index in [1.165, 1.54) is 0 Å². The highest BCUT2D eigenvalue weighted by atomic mass is 32.2. The standard InChI is InChI=1S/C18H22N2O3S/c1-2-15(24(22,23)16-11-7-4-8-12-16)13-17(19)18(21)20-14-9-5-3-6-10-14/h3-12,15,17H,2,13,19H2,1H3,(H,20,21). The molecule has 0 saturated carbocycles. The summed E-state index contributed by atoms with van der Waals surface area (Å²) in [4.78, 5) is 12.5. The summed E-state index contributed by atoms with van der Waals surface area (Å²) in [5, 5.41) is 2.01. The molecule has 0 spiro atoms. The number of carbonyl (C=O) groups is 1. The van der Waals surface area contributed by atoms with E-state index < -0.39 is 21.1 Å². The molecule has 2 aromatic rings. The molecule has 24 heavy (non-hydrogen) atoms. The summed E-state index contributed by atoms with van der Waals surface area (Å²) in [6, 6.07) is 16.3. The highest BCUT2D eigenvalue weighted by Gasteiger charge is 2.29. The first-order valence-corrected chi connectivity index (χ1v) is 9.40. The SMILES string of the molecule is CCC(CC(N)C(=O)Nc1ccccc1)S(=O)(=O)c1ccccc1. The Hall–Kier alpha value is -2.18. The number of carbonyl (C=O) groups excluding carboxylic acids is 1. The Morgan fingerprint density at radius 1 is 1.04 bits per heavy atom. The second-order valence-corrected chi connectivity index (χ2v) is 7.81. The number of amides is 1. The highest BCUT2D eigenvalue weighted by molar-refractivity contribution is 7.92. The minimum Gasteiger partial charge on any atom is -0.325 e. The van der Waals surface area contributed by atoms with Crippen molar-refractivity contribution in [2.24, 2.45) is 5.73 Å². The van der Waals surface area contributed by atoms with Crippen LogP contribution in [-0.4, -0.2) is 25.6 Å². The fourth-order valence-electron chi connectivity index (χ4n) is 2.46. The van der Waals surface area contributed by atoms with Gasteiger partial charge in [0.1, 0.15) is 0 Å². The van der Waals surface area contributed by atoms with Gasteiger partial charge in [-0.25, -0.2) is 8.42 Å². The van der Waals surface area contributed by atoms with E-state index in [-0.39, 0.29) is 17.2 Å². The number of para-hydroxylation sites is 1. The first-order chi connectivity index (χ1) is 11.4. The van der Waals surface area contributed by atoms with Gasteiger partial charge in [-0.1, -0.05) is 43.3 Å². The highest BCUT2D eigenvalue weighted by Crippen LogP contribution is 2.21. The summed E-state index contributed by atoms with van der Waals surface area (Å²) in [5.74, 6) is -0.386. The molecule has 1 amide bonds. The van der Waals surface area contributed by atoms with Crippen LogP contribution in [-0.2, 0) is 14.6 Å². The summed E-state index contributed by atoms with van der Waals surface area (Å²) in [5.41, 5.74) is 6.58. The first-order valence-electron chi connectivity index (χ1n) is 7.85. The van der Waals surface area contributed by atoms with Crippen LogP contribution in [0.4, 0.5) is 5.69 Å². The zero-order valence-corrected chi connectivity index (χ0v) is 14.4. The van der Waals surface area contributed by atoms with Gasteiger partial charge in [-0.2, -0.15) is 0 Å². The van der Waals surface area contributed by atoms with E-state index in [4.69, 9.17) is 5.73 Å². The van der Waals surface area contributed by atoms with Gasteiger partial charge in [0.05, 0.1) is 16.2 Å².